The quantitative estimate of drug-likeness (QED) is 0.900. The summed E-state index contributed by atoms with van der Waals surface area (Å²) in [5.74, 6) is -1.15. The van der Waals surface area contributed by atoms with Gasteiger partial charge in [-0.15, -0.1) is 11.3 Å². The molecule has 0 aliphatic carbocycles. The normalized spacial score (nSPS) is 10.2. The van der Waals surface area contributed by atoms with Gasteiger partial charge in [0.05, 0.1) is 5.69 Å². The van der Waals surface area contributed by atoms with Crippen molar-refractivity contribution in [3.63, 3.8) is 0 Å². The van der Waals surface area contributed by atoms with E-state index in [9.17, 15) is 9.59 Å². The minimum atomic E-state index is -1.06. The Balaban J connectivity index is 2.38. The molecule has 0 bridgehead atoms. The highest BCUT2D eigenvalue weighted by atomic mass is 32.1. The Kier molecular flexibility index (Phi) is 3.91. The first-order valence-electron chi connectivity index (χ1n) is 5.70. The number of carboxylic acids is 1. The van der Waals surface area contributed by atoms with Gasteiger partial charge in [0.1, 0.15) is 5.01 Å². The number of aromatic nitrogens is 1. The third-order valence-electron chi connectivity index (χ3n) is 2.48. The molecule has 0 saturated carbocycles. The number of hydrogen-bond donors (Lipinski definition) is 2. The maximum atomic E-state index is 11.5. The van der Waals surface area contributed by atoms with E-state index in [0.29, 0.717) is 17.1 Å². The molecule has 0 radical (unpaired) electrons. The number of carboxylic acid groups (broad SMARTS) is 1. The smallest absolute Gasteiger partial charge is 0.355 e. The topological polar surface area (TPSA) is 79.3 Å². The molecular formula is C13H12N2O3S. The van der Waals surface area contributed by atoms with Crippen molar-refractivity contribution in [2.45, 2.75) is 13.3 Å². The zero-order chi connectivity index (χ0) is 13.8. The maximum absolute atomic E-state index is 11.5. The summed E-state index contributed by atoms with van der Waals surface area (Å²) >= 11 is 1.24. The number of rotatable bonds is 4. The lowest BCUT2D eigenvalue weighted by Crippen LogP contribution is -2.10. The maximum Gasteiger partial charge on any atom is 0.355 e. The zero-order valence-corrected chi connectivity index (χ0v) is 11.0. The monoisotopic (exact) mass is 276 g/mol. The van der Waals surface area contributed by atoms with E-state index in [-0.39, 0.29) is 11.6 Å². The molecule has 2 N–H and O–H groups in total. The molecule has 1 aromatic carbocycles. The summed E-state index contributed by atoms with van der Waals surface area (Å²) in [5, 5.41) is 13.7. The van der Waals surface area contributed by atoms with Crippen LogP contribution in [0.4, 0.5) is 5.69 Å². The molecule has 0 aliphatic heterocycles. The summed E-state index contributed by atoms with van der Waals surface area (Å²) in [7, 11) is 0. The molecule has 6 heteroatoms. The molecular weight excluding hydrogens is 264 g/mol. The lowest BCUT2D eigenvalue weighted by molar-refractivity contribution is -0.115. The second-order valence-electron chi connectivity index (χ2n) is 3.79. The number of nitrogens with one attached hydrogen (secondary N) is 1. The molecule has 0 aliphatic rings. The van der Waals surface area contributed by atoms with E-state index in [4.69, 9.17) is 5.11 Å². The number of benzene rings is 1. The van der Waals surface area contributed by atoms with Gasteiger partial charge < -0.3 is 10.4 Å². The van der Waals surface area contributed by atoms with Gasteiger partial charge in [-0.05, 0) is 12.1 Å². The average molecular weight is 276 g/mol. The van der Waals surface area contributed by atoms with Crippen LogP contribution in [0.25, 0.3) is 10.6 Å². The van der Waals surface area contributed by atoms with Gasteiger partial charge in [-0.1, -0.05) is 19.1 Å². The highest BCUT2D eigenvalue weighted by Gasteiger charge is 2.13. The Hall–Kier alpha value is -2.21. The minimum absolute atomic E-state index is 0.0108. The Morgan fingerprint density at radius 1 is 1.37 bits per heavy atom. The zero-order valence-electron chi connectivity index (χ0n) is 10.2. The molecule has 2 aromatic rings. The van der Waals surface area contributed by atoms with Gasteiger partial charge in [-0.3, -0.25) is 4.79 Å². The second kappa shape index (κ2) is 5.62. The first kappa shape index (κ1) is 13.2. The van der Waals surface area contributed by atoms with Gasteiger partial charge in [0.2, 0.25) is 5.91 Å². The lowest BCUT2D eigenvalue weighted by Gasteiger charge is -2.07. The number of thiazole rings is 1. The second-order valence-corrected chi connectivity index (χ2v) is 4.65. The van der Waals surface area contributed by atoms with Crippen LogP contribution in [0.5, 0.6) is 0 Å². The Labute approximate surface area is 113 Å². The first-order chi connectivity index (χ1) is 9.11. The van der Waals surface area contributed by atoms with Gasteiger partial charge >= 0.3 is 5.97 Å². The largest absolute Gasteiger partial charge is 0.476 e. The minimum Gasteiger partial charge on any atom is -0.476 e. The van der Waals surface area contributed by atoms with Crippen LogP contribution < -0.4 is 5.32 Å². The van der Waals surface area contributed by atoms with Gasteiger partial charge in [0.15, 0.2) is 5.69 Å². The molecule has 0 saturated heterocycles. The van der Waals surface area contributed by atoms with Crippen molar-refractivity contribution in [1.82, 2.24) is 4.98 Å². The molecule has 5 nitrogen and oxygen atoms in total. The van der Waals surface area contributed by atoms with Crippen molar-refractivity contribution in [3.8, 4) is 10.6 Å². The number of hydrogen-bond acceptors (Lipinski definition) is 4. The molecule has 0 unspecified atom stereocenters. The molecule has 1 amide bonds. The van der Waals surface area contributed by atoms with Crippen molar-refractivity contribution < 1.29 is 14.7 Å². The fourth-order valence-electron chi connectivity index (χ4n) is 1.51. The number of anilines is 1. The third kappa shape index (κ3) is 2.97. The first-order valence-corrected chi connectivity index (χ1v) is 6.58. The number of carbonyl (C=O) groups excluding carboxylic acids is 1. The van der Waals surface area contributed by atoms with Crippen molar-refractivity contribution in [3.05, 3.63) is 35.3 Å². The average Bonchev–Trinajstić information content (AvgIpc) is 2.89. The van der Waals surface area contributed by atoms with E-state index >= 15 is 0 Å². The summed E-state index contributed by atoms with van der Waals surface area (Å²) in [5.41, 5.74) is 1.37. The van der Waals surface area contributed by atoms with Crippen LogP contribution >= 0.6 is 11.3 Å². The summed E-state index contributed by atoms with van der Waals surface area (Å²) in [6, 6.07) is 7.19. The summed E-state index contributed by atoms with van der Waals surface area (Å²) < 4.78 is 0. The number of nitrogens with zero attached hydrogens (tertiary/aromatic N) is 1. The predicted molar refractivity (Wildman–Crippen MR) is 73.4 cm³/mol. The predicted octanol–water partition coefficient (Wildman–Crippen LogP) is 2.86. The van der Waals surface area contributed by atoms with Crippen molar-refractivity contribution in [2.75, 3.05) is 5.32 Å². The van der Waals surface area contributed by atoms with Crippen LogP contribution in [-0.4, -0.2) is 22.0 Å². The van der Waals surface area contributed by atoms with Crippen LogP contribution in [-0.2, 0) is 4.79 Å². The Bertz CT molecular complexity index is 622. The fourth-order valence-corrected chi connectivity index (χ4v) is 2.35. The van der Waals surface area contributed by atoms with Crippen LogP contribution in [0.2, 0.25) is 0 Å². The standard InChI is InChI=1S/C13H12N2O3S/c1-2-11(16)14-9-6-4-3-5-8(9)12-15-10(7-19-12)13(17)18/h3-7H,2H2,1H3,(H,14,16)(H,17,18). The Morgan fingerprint density at radius 2 is 2.11 bits per heavy atom. The number of amides is 1. The molecule has 2 rings (SSSR count). The van der Waals surface area contributed by atoms with Crippen LogP contribution in [0.15, 0.2) is 29.6 Å². The fraction of sp³-hybridized carbons (Fsp3) is 0.154. The highest BCUT2D eigenvalue weighted by Crippen LogP contribution is 2.30. The SMILES string of the molecule is CCC(=O)Nc1ccccc1-c1nc(C(=O)O)cs1. The Morgan fingerprint density at radius 3 is 2.74 bits per heavy atom. The van der Waals surface area contributed by atoms with E-state index in [1.165, 1.54) is 16.7 Å². The molecule has 19 heavy (non-hydrogen) atoms. The van der Waals surface area contributed by atoms with E-state index in [0.717, 1.165) is 5.56 Å². The van der Waals surface area contributed by atoms with E-state index < -0.39 is 5.97 Å². The molecule has 1 aromatic heterocycles. The summed E-state index contributed by atoms with van der Waals surface area (Å²) in [4.78, 5) is 26.3. The van der Waals surface area contributed by atoms with Crippen molar-refractivity contribution in [2.24, 2.45) is 0 Å². The molecule has 98 valence electrons. The van der Waals surface area contributed by atoms with E-state index in [1.54, 1.807) is 25.1 Å². The number of para-hydroxylation sites is 1. The van der Waals surface area contributed by atoms with Crippen LogP contribution in [0.1, 0.15) is 23.8 Å². The highest BCUT2D eigenvalue weighted by molar-refractivity contribution is 7.13. The number of carbonyl (C=O) groups is 2. The molecule has 0 spiro atoms. The van der Waals surface area contributed by atoms with Gasteiger partial charge in [-0.2, -0.15) is 0 Å². The lowest BCUT2D eigenvalue weighted by atomic mass is 10.2. The molecule has 0 fully saturated rings. The van der Waals surface area contributed by atoms with Crippen molar-refractivity contribution >= 4 is 28.9 Å². The summed E-state index contributed by atoms with van der Waals surface area (Å²) in [6.45, 7) is 1.77. The summed E-state index contributed by atoms with van der Waals surface area (Å²) in [6.07, 6.45) is 0.382. The van der Waals surface area contributed by atoms with Crippen LogP contribution in [0, 0.1) is 0 Å². The third-order valence-corrected chi connectivity index (χ3v) is 3.35. The van der Waals surface area contributed by atoms with E-state index in [1.807, 2.05) is 6.07 Å². The number of aromatic carboxylic acids is 1. The van der Waals surface area contributed by atoms with E-state index in [2.05, 4.69) is 10.3 Å². The van der Waals surface area contributed by atoms with Gasteiger partial charge in [0.25, 0.3) is 0 Å². The van der Waals surface area contributed by atoms with Crippen LogP contribution in [0.3, 0.4) is 0 Å². The van der Waals surface area contributed by atoms with Gasteiger partial charge in [0, 0.05) is 17.4 Å². The van der Waals surface area contributed by atoms with Crippen molar-refractivity contribution in [1.29, 1.82) is 0 Å². The molecule has 0 atom stereocenters. The molecule has 1 heterocycles. The van der Waals surface area contributed by atoms with Gasteiger partial charge in [-0.25, -0.2) is 9.78 Å².